The van der Waals surface area contributed by atoms with Crippen molar-refractivity contribution in [2.75, 3.05) is 18.4 Å². The van der Waals surface area contributed by atoms with Gasteiger partial charge in [-0.3, -0.25) is 14.7 Å². The summed E-state index contributed by atoms with van der Waals surface area (Å²) in [6.45, 7) is 1.93. The van der Waals surface area contributed by atoms with Crippen LogP contribution in [-0.2, 0) is 11.3 Å². The zero-order valence-corrected chi connectivity index (χ0v) is 16.5. The van der Waals surface area contributed by atoms with Gasteiger partial charge in [-0.25, -0.2) is 8.78 Å². The monoisotopic (exact) mass is 407 g/mol. The van der Waals surface area contributed by atoms with Crippen LogP contribution >= 0.6 is 0 Å². The van der Waals surface area contributed by atoms with E-state index in [0.29, 0.717) is 18.7 Å². The van der Waals surface area contributed by atoms with Crippen molar-refractivity contribution in [3.8, 4) is 11.3 Å². The summed E-state index contributed by atoms with van der Waals surface area (Å²) in [6, 6.07) is 17.3. The molecule has 1 fully saturated rings. The smallest absolute Gasteiger partial charge is 0.228 e. The maximum Gasteiger partial charge on any atom is 0.228 e. The van der Waals surface area contributed by atoms with Crippen molar-refractivity contribution in [2.45, 2.75) is 19.4 Å². The summed E-state index contributed by atoms with van der Waals surface area (Å²) in [7, 11) is 0. The number of piperidine rings is 1. The second-order valence-corrected chi connectivity index (χ2v) is 7.60. The average Bonchev–Trinajstić information content (AvgIpc) is 2.78. The zero-order valence-electron chi connectivity index (χ0n) is 16.5. The van der Waals surface area contributed by atoms with Gasteiger partial charge in [0.2, 0.25) is 5.91 Å². The van der Waals surface area contributed by atoms with E-state index in [-0.39, 0.29) is 11.8 Å². The first kappa shape index (κ1) is 20.2. The Hall–Kier alpha value is -3.12. The van der Waals surface area contributed by atoms with E-state index in [9.17, 15) is 13.6 Å². The number of nitrogens with zero attached hydrogens (tertiary/aromatic N) is 2. The summed E-state index contributed by atoms with van der Waals surface area (Å²) in [5.41, 5.74) is 3.33. The molecule has 0 spiro atoms. The molecule has 1 N–H and O–H groups in total. The predicted molar refractivity (Wildman–Crippen MR) is 113 cm³/mol. The molecule has 0 bridgehead atoms. The van der Waals surface area contributed by atoms with Crippen molar-refractivity contribution >= 4 is 11.6 Å². The number of anilines is 1. The molecule has 4 nitrogen and oxygen atoms in total. The summed E-state index contributed by atoms with van der Waals surface area (Å²) in [5, 5.41) is 3.00. The molecular weight excluding hydrogens is 384 g/mol. The Morgan fingerprint density at radius 3 is 2.63 bits per heavy atom. The van der Waals surface area contributed by atoms with Crippen molar-refractivity contribution in [1.29, 1.82) is 0 Å². The molecule has 1 aliphatic rings. The summed E-state index contributed by atoms with van der Waals surface area (Å²) >= 11 is 0. The maximum atomic E-state index is 13.5. The van der Waals surface area contributed by atoms with Gasteiger partial charge in [-0.05, 0) is 61.3 Å². The molecule has 0 radical (unpaired) electrons. The molecule has 3 aromatic rings. The highest BCUT2D eigenvalue weighted by atomic mass is 19.2. The van der Waals surface area contributed by atoms with Crippen LogP contribution in [0, 0.1) is 17.6 Å². The third kappa shape index (κ3) is 4.89. The first-order valence-corrected chi connectivity index (χ1v) is 10.1. The van der Waals surface area contributed by atoms with Gasteiger partial charge in [0.15, 0.2) is 11.6 Å². The fourth-order valence-electron chi connectivity index (χ4n) is 3.81. The molecule has 1 saturated heterocycles. The van der Waals surface area contributed by atoms with Gasteiger partial charge in [0, 0.05) is 30.5 Å². The molecule has 154 valence electrons. The number of pyridine rings is 1. The molecular formula is C24H23F2N3O. The first-order chi connectivity index (χ1) is 14.6. The molecule has 0 saturated carbocycles. The van der Waals surface area contributed by atoms with Crippen molar-refractivity contribution in [3.63, 3.8) is 0 Å². The number of carbonyl (C=O) groups is 1. The van der Waals surface area contributed by atoms with Crippen molar-refractivity contribution in [1.82, 2.24) is 9.88 Å². The Balaban J connectivity index is 1.35. The largest absolute Gasteiger partial charge is 0.326 e. The van der Waals surface area contributed by atoms with Crippen molar-refractivity contribution in [2.24, 2.45) is 5.92 Å². The Labute approximate surface area is 174 Å². The number of benzene rings is 2. The van der Waals surface area contributed by atoms with E-state index in [1.54, 1.807) is 12.3 Å². The van der Waals surface area contributed by atoms with Crippen molar-refractivity contribution in [3.05, 3.63) is 84.1 Å². The lowest BCUT2D eigenvalue weighted by atomic mass is 9.96. The number of nitrogens with one attached hydrogen (secondary N) is 1. The molecule has 1 atom stereocenters. The lowest BCUT2D eigenvalue weighted by Gasteiger charge is -2.32. The topological polar surface area (TPSA) is 45.2 Å². The predicted octanol–water partition coefficient (Wildman–Crippen LogP) is 4.88. The third-order valence-electron chi connectivity index (χ3n) is 5.38. The van der Waals surface area contributed by atoms with E-state index in [0.717, 1.165) is 42.4 Å². The highest BCUT2D eigenvalue weighted by Crippen LogP contribution is 2.23. The summed E-state index contributed by atoms with van der Waals surface area (Å²) in [6.07, 6.45) is 3.45. The summed E-state index contributed by atoms with van der Waals surface area (Å²) < 4.78 is 26.6. The first-order valence-electron chi connectivity index (χ1n) is 10.1. The van der Waals surface area contributed by atoms with Crippen LogP contribution in [0.5, 0.6) is 0 Å². The molecule has 0 aliphatic carbocycles. The molecule has 30 heavy (non-hydrogen) atoms. The lowest BCUT2D eigenvalue weighted by Crippen LogP contribution is -2.40. The standard InChI is InChI=1S/C24H23F2N3O/c25-21-11-6-17(14-22(21)26)15-29-13-3-4-19(16-29)24(30)28-20-9-7-18(8-10-20)23-5-1-2-12-27-23/h1-2,5-12,14,19H,3-4,13,15-16H2,(H,28,30). The van der Waals surface area contributed by atoms with E-state index in [1.165, 1.54) is 6.07 Å². The fourth-order valence-corrected chi connectivity index (χ4v) is 3.81. The zero-order chi connectivity index (χ0) is 20.9. The van der Waals surface area contributed by atoms with Crippen LogP contribution < -0.4 is 5.32 Å². The SMILES string of the molecule is O=C(Nc1ccc(-c2ccccn2)cc1)C1CCCN(Cc2ccc(F)c(F)c2)C1. The van der Waals surface area contributed by atoms with Gasteiger partial charge in [0.1, 0.15) is 0 Å². The van der Waals surface area contributed by atoms with Gasteiger partial charge in [0.25, 0.3) is 0 Å². The van der Waals surface area contributed by atoms with Crippen LogP contribution in [0.1, 0.15) is 18.4 Å². The molecule has 1 amide bonds. The summed E-state index contributed by atoms with van der Waals surface area (Å²) in [5.74, 6) is -1.84. The van der Waals surface area contributed by atoms with E-state index < -0.39 is 11.6 Å². The minimum absolute atomic E-state index is 0.0180. The molecule has 2 heterocycles. The highest BCUT2D eigenvalue weighted by molar-refractivity contribution is 5.93. The minimum Gasteiger partial charge on any atom is -0.326 e. The minimum atomic E-state index is -0.844. The highest BCUT2D eigenvalue weighted by Gasteiger charge is 2.26. The molecule has 1 unspecified atom stereocenters. The number of carbonyl (C=O) groups excluding carboxylic acids is 1. The fraction of sp³-hybridized carbons (Fsp3) is 0.250. The molecule has 1 aliphatic heterocycles. The van der Waals surface area contributed by atoms with E-state index in [4.69, 9.17) is 0 Å². The van der Waals surface area contributed by atoms with Crippen LogP contribution in [0.15, 0.2) is 66.9 Å². The number of halogens is 2. The number of rotatable bonds is 5. The number of hydrogen-bond acceptors (Lipinski definition) is 3. The second-order valence-electron chi connectivity index (χ2n) is 7.60. The quantitative estimate of drug-likeness (QED) is 0.656. The molecule has 1 aromatic heterocycles. The van der Waals surface area contributed by atoms with Gasteiger partial charge in [-0.1, -0.05) is 24.3 Å². The van der Waals surface area contributed by atoms with E-state index >= 15 is 0 Å². The van der Waals surface area contributed by atoms with Gasteiger partial charge in [0.05, 0.1) is 11.6 Å². The van der Waals surface area contributed by atoms with Crippen molar-refractivity contribution < 1.29 is 13.6 Å². The number of likely N-dealkylation sites (tertiary alicyclic amines) is 1. The van der Waals surface area contributed by atoms with Crippen LogP contribution in [-0.4, -0.2) is 28.9 Å². The molecule has 6 heteroatoms. The van der Waals surface area contributed by atoms with Crippen LogP contribution in [0.25, 0.3) is 11.3 Å². The number of aromatic nitrogens is 1. The number of hydrogen-bond donors (Lipinski definition) is 1. The van der Waals surface area contributed by atoms with Crippen LogP contribution in [0.3, 0.4) is 0 Å². The Bertz CT molecular complexity index is 1010. The van der Waals surface area contributed by atoms with Gasteiger partial charge in [-0.15, -0.1) is 0 Å². The third-order valence-corrected chi connectivity index (χ3v) is 5.38. The van der Waals surface area contributed by atoms with Gasteiger partial charge < -0.3 is 5.32 Å². The van der Waals surface area contributed by atoms with Gasteiger partial charge >= 0.3 is 0 Å². The molecule has 2 aromatic carbocycles. The lowest BCUT2D eigenvalue weighted by molar-refractivity contribution is -0.121. The van der Waals surface area contributed by atoms with E-state index in [1.807, 2.05) is 42.5 Å². The van der Waals surface area contributed by atoms with Gasteiger partial charge in [-0.2, -0.15) is 0 Å². The summed E-state index contributed by atoms with van der Waals surface area (Å²) in [4.78, 5) is 19.2. The maximum absolute atomic E-state index is 13.5. The Morgan fingerprint density at radius 2 is 1.90 bits per heavy atom. The van der Waals surface area contributed by atoms with Crippen LogP contribution in [0.4, 0.5) is 14.5 Å². The molecule has 4 rings (SSSR count). The van der Waals surface area contributed by atoms with Crippen LogP contribution in [0.2, 0.25) is 0 Å². The van der Waals surface area contributed by atoms with E-state index in [2.05, 4.69) is 15.2 Å². The Morgan fingerprint density at radius 1 is 1.07 bits per heavy atom. The second kappa shape index (κ2) is 9.13. The Kier molecular flexibility index (Phi) is 6.14. The number of amides is 1. The normalized spacial score (nSPS) is 16.9. The average molecular weight is 407 g/mol.